The maximum Gasteiger partial charge on any atom is 0.0994 e. The fourth-order valence-electron chi connectivity index (χ4n) is 1.24. The van der Waals surface area contributed by atoms with Crippen LogP contribution in [0.5, 0.6) is 0 Å². The summed E-state index contributed by atoms with van der Waals surface area (Å²) >= 11 is 0. The summed E-state index contributed by atoms with van der Waals surface area (Å²) in [5.41, 5.74) is 3.87. The van der Waals surface area contributed by atoms with E-state index in [9.17, 15) is 0 Å². The molecule has 0 aliphatic heterocycles. The quantitative estimate of drug-likeness (QED) is 0.839. The van der Waals surface area contributed by atoms with Crippen LogP contribution in [0.15, 0.2) is 30.5 Å². The van der Waals surface area contributed by atoms with Crippen LogP contribution in [-0.2, 0) is 6.54 Å². The highest BCUT2D eigenvalue weighted by molar-refractivity contribution is 5.41. The number of benzene rings is 1. The molecule has 86 valence electrons. The number of hydrogen-bond donors (Lipinski definition) is 1. The van der Waals surface area contributed by atoms with E-state index in [-0.39, 0.29) is 0 Å². The van der Waals surface area contributed by atoms with Gasteiger partial charge in [0.05, 0.1) is 11.6 Å². The first kappa shape index (κ1) is 14.2. The third-order valence-corrected chi connectivity index (χ3v) is 2.15. The zero-order valence-corrected chi connectivity index (χ0v) is 10.6. The Kier molecular flexibility index (Phi) is 6.71. The highest BCUT2D eigenvalue weighted by Crippen LogP contribution is 2.12. The molecule has 0 aliphatic carbocycles. The summed E-state index contributed by atoms with van der Waals surface area (Å²) in [6.45, 7) is 12.4. The van der Waals surface area contributed by atoms with Gasteiger partial charge >= 0.3 is 0 Å². The maximum atomic E-state index is 8.83. The Balaban J connectivity index is 0.00000106. The number of allylic oxidation sites excluding steroid dienone is 1. The Bertz CT molecular complexity index is 386. The van der Waals surface area contributed by atoms with Gasteiger partial charge in [-0.3, -0.25) is 0 Å². The molecule has 0 heterocycles. The van der Waals surface area contributed by atoms with Crippen LogP contribution in [-0.4, -0.2) is 0 Å². The van der Waals surface area contributed by atoms with Crippen LogP contribution in [0.1, 0.15) is 37.5 Å². The van der Waals surface area contributed by atoms with Crippen molar-refractivity contribution in [3.05, 3.63) is 47.2 Å². The largest absolute Gasteiger partial charge is 0.385 e. The molecular formula is C14H20N2. The first-order valence-electron chi connectivity index (χ1n) is 5.53. The van der Waals surface area contributed by atoms with Gasteiger partial charge in [0.15, 0.2) is 0 Å². The molecule has 0 spiro atoms. The van der Waals surface area contributed by atoms with Crippen molar-refractivity contribution in [2.45, 2.75) is 34.2 Å². The number of rotatable bonds is 3. The fraction of sp³-hybridized carbons (Fsp3) is 0.357. The first-order valence-corrected chi connectivity index (χ1v) is 5.53. The molecule has 0 aromatic heterocycles. The molecule has 1 N–H and O–H groups in total. The van der Waals surface area contributed by atoms with E-state index in [1.165, 1.54) is 0 Å². The lowest BCUT2D eigenvalue weighted by Crippen LogP contribution is -2.10. The van der Waals surface area contributed by atoms with E-state index in [4.69, 9.17) is 5.26 Å². The first-order chi connectivity index (χ1) is 7.65. The summed E-state index contributed by atoms with van der Waals surface area (Å²) in [5, 5.41) is 12.0. The molecule has 1 aromatic rings. The Labute approximate surface area is 98.6 Å². The lowest BCUT2D eigenvalue weighted by Gasteiger charge is -2.09. The van der Waals surface area contributed by atoms with Crippen molar-refractivity contribution in [1.29, 1.82) is 5.26 Å². The van der Waals surface area contributed by atoms with Crippen molar-refractivity contribution in [1.82, 2.24) is 5.32 Å². The van der Waals surface area contributed by atoms with Crippen molar-refractivity contribution < 1.29 is 0 Å². The molecule has 0 unspecified atom stereocenters. The second-order valence-electron chi connectivity index (χ2n) is 3.34. The van der Waals surface area contributed by atoms with E-state index >= 15 is 0 Å². The van der Waals surface area contributed by atoms with Gasteiger partial charge in [0.25, 0.3) is 0 Å². The molecule has 1 aromatic carbocycles. The molecule has 0 atom stereocenters. The average molecular weight is 216 g/mol. The third kappa shape index (κ3) is 4.18. The van der Waals surface area contributed by atoms with Crippen LogP contribution in [0.4, 0.5) is 0 Å². The normalized spacial score (nSPS) is 8.44. The van der Waals surface area contributed by atoms with Gasteiger partial charge in [-0.2, -0.15) is 5.26 Å². The summed E-state index contributed by atoms with van der Waals surface area (Å²) < 4.78 is 0. The second kappa shape index (κ2) is 7.53. The minimum Gasteiger partial charge on any atom is -0.385 e. The van der Waals surface area contributed by atoms with E-state index < -0.39 is 0 Å². The zero-order chi connectivity index (χ0) is 12.6. The van der Waals surface area contributed by atoms with Crippen LogP contribution in [0.25, 0.3) is 0 Å². The summed E-state index contributed by atoms with van der Waals surface area (Å²) in [5.74, 6) is 0. The van der Waals surface area contributed by atoms with E-state index in [0.717, 1.165) is 28.9 Å². The molecular weight excluding hydrogens is 196 g/mol. The molecule has 0 aliphatic rings. The van der Waals surface area contributed by atoms with Crippen molar-refractivity contribution in [2.75, 3.05) is 0 Å². The smallest absolute Gasteiger partial charge is 0.0994 e. The number of nitrogens with zero attached hydrogens (tertiary/aromatic N) is 1. The molecule has 0 radical (unpaired) electrons. The minimum absolute atomic E-state index is 0.733. The summed E-state index contributed by atoms with van der Waals surface area (Å²) in [6, 6.07) is 7.93. The average Bonchev–Trinajstić information content (AvgIpc) is 2.30. The van der Waals surface area contributed by atoms with Gasteiger partial charge in [0.2, 0.25) is 0 Å². The van der Waals surface area contributed by atoms with Gasteiger partial charge in [-0.25, -0.2) is 0 Å². The van der Waals surface area contributed by atoms with Crippen LogP contribution in [0.3, 0.4) is 0 Å². The van der Waals surface area contributed by atoms with E-state index in [1.54, 1.807) is 0 Å². The van der Waals surface area contributed by atoms with Gasteiger partial charge in [-0.15, -0.1) is 0 Å². The highest BCUT2D eigenvalue weighted by Gasteiger charge is 2.02. The van der Waals surface area contributed by atoms with Gasteiger partial charge in [0.1, 0.15) is 0 Å². The lowest BCUT2D eigenvalue weighted by molar-refractivity contribution is 0.810. The molecule has 0 fully saturated rings. The van der Waals surface area contributed by atoms with Crippen LogP contribution >= 0.6 is 0 Å². The molecule has 0 saturated carbocycles. The Morgan fingerprint density at radius 3 is 2.56 bits per heavy atom. The van der Waals surface area contributed by atoms with E-state index in [1.807, 2.05) is 45.9 Å². The minimum atomic E-state index is 0.733. The van der Waals surface area contributed by atoms with Crippen LogP contribution < -0.4 is 5.32 Å². The van der Waals surface area contributed by atoms with Gasteiger partial charge in [-0.05, 0) is 31.0 Å². The Morgan fingerprint density at radius 1 is 1.44 bits per heavy atom. The van der Waals surface area contributed by atoms with Gasteiger partial charge in [-0.1, -0.05) is 32.6 Å². The lowest BCUT2D eigenvalue weighted by atomic mass is 10.0. The Morgan fingerprint density at radius 2 is 2.06 bits per heavy atom. The molecule has 2 nitrogen and oxygen atoms in total. The van der Waals surface area contributed by atoms with E-state index in [2.05, 4.69) is 18.0 Å². The molecule has 2 heteroatoms. The van der Waals surface area contributed by atoms with Crippen molar-refractivity contribution in [3.8, 4) is 6.07 Å². The van der Waals surface area contributed by atoms with Crippen molar-refractivity contribution in [2.24, 2.45) is 0 Å². The van der Waals surface area contributed by atoms with Gasteiger partial charge < -0.3 is 5.32 Å². The Hall–Kier alpha value is -1.75. The zero-order valence-electron chi connectivity index (χ0n) is 10.6. The number of nitriles is 1. The van der Waals surface area contributed by atoms with E-state index in [0.29, 0.717) is 0 Å². The summed E-state index contributed by atoms with van der Waals surface area (Å²) in [6.07, 6.45) is 0. The van der Waals surface area contributed by atoms with Crippen molar-refractivity contribution >= 4 is 0 Å². The molecule has 16 heavy (non-hydrogen) atoms. The SMILES string of the molecule is C=C(C)NCc1cccc(C#N)c1C.CC. The van der Waals surface area contributed by atoms with Crippen LogP contribution in [0.2, 0.25) is 0 Å². The van der Waals surface area contributed by atoms with Crippen LogP contribution in [0, 0.1) is 18.3 Å². The summed E-state index contributed by atoms with van der Waals surface area (Å²) in [7, 11) is 0. The highest BCUT2D eigenvalue weighted by atomic mass is 14.9. The maximum absolute atomic E-state index is 8.83. The predicted molar refractivity (Wildman–Crippen MR) is 68.9 cm³/mol. The van der Waals surface area contributed by atoms with Crippen molar-refractivity contribution in [3.63, 3.8) is 0 Å². The standard InChI is InChI=1S/C12H14N2.C2H6/c1-9(2)14-8-12-6-4-5-11(7-13)10(12)3;1-2/h4-6,14H,1,8H2,2-3H3;1-2H3. The van der Waals surface area contributed by atoms with Gasteiger partial charge in [0, 0.05) is 12.2 Å². The summed E-state index contributed by atoms with van der Waals surface area (Å²) in [4.78, 5) is 0. The predicted octanol–water partition coefficient (Wildman–Crippen LogP) is 3.52. The number of nitrogens with one attached hydrogen (secondary N) is 1. The molecule has 0 saturated heterocycles. The second-order valence-corrected chi connectivity index (χ2v) is 3.34. The molecule has 1 rings (SSSR count). The molecule has 0 bridgehead atoms. The fourth-order valence-corrected chi connectivity index (χ4v) is 1.24. The molecule has 0 amide bonds. The third-order valence-electron chi connectivity index (χ3n) is 2.15. The monoisotopic (exact) mass is 216 g/mol. The number of hydrogen-bond acceptors (Lipinski definition) is 2. The topological polar surface area (TPSA) is 35.8 Å².